The molecule has 0 aromatic heterocycles. The molecule has 0 unspecified atom stereocenters. The van der Waals surface area contributed by atoms with Gasteiger partial charge in [-0.15, -0.1) is 0 Å². The summed E-state index contributed by atoms with van der Waals surface area (Å²) in [6.07, 6.45) is 0. The zero-order valence-electron chi connectivity index (χ0n) is 2.43. The molecule has 0 spiro atoms. The number of hydrogen-bond donors (Lipinski definition) is 0. The second-order valence-electron chi connectivity index (χ2n) is 0.0833. The molecule has 0 atom stereocenters. The van der Waals surface area contributed by atoms with Crippen molar-refractivity contribution in [2.75, 3.05) is 0 Å². The molecule has 0 saturated heterocycles. The van der Waals surface area contributed by atoms with E-state index in [4.69, 9.17) is 6.65 Å². The molecule has 0 saturated carbocycles. The van der Waals surface area contributed by atoms with Crippen molar-refractivity contribution in [1.82, 2.24) is 0 Å². The van der Waals surface area contributed by atoms with Gasteiger partial charge in [-0.2, -0.15) is 0 Å². The molecule has 0 bridgehead atoms. The van der Waals surface area contributed by atoms with Crippen LogP contribution in [-0.2, 0) is 31.2 Å². The predicted molar refractivity (Wildman–Crippen MR) is 7.81 cm³/mol. The van der Waals surface area contributed by atoms with Crippen molar-refractivity contribution in [3.05, 3.63) is 0 Å². The van der Waals surface area contributed by atoms with Crippen LogP contribution >= 0.6 is 0 Å². The fraction of sp³-hybridized carbons (Fsp3) is 0. The summed E-state index contributed by atoms with van der Waals surface area (Å²) in [4.78, 5) is 0. The first-order valence-electron chi connectivity index (χ1n) is 0.408. The van der Waals surface area contributed by atoms with Crippen molar-refractivity contribution in [2.45, 2.75) is 0 Å². The van der Waals surface area contributed by atoms with Crippen LogP contribution in [0.4, 0.5) is 0 Å². The molecule has 0 aromatic rings. The summed E-state index contributed by atoms with van der Waals surface area (Å²) in [5, 5.41) is 0. The van der Waals surface area contributed by atoms with Crippen molar-refractivity contribution >= 4 is 37.7 Å². The van der Waals surface area contributed by atoms with E-state index in [1.807, 2.05) is 0 Å². The van der Waals surface area contributed by atoms with E-state index < -0.39 is 19.1 Å². The van der Waals surface area contributed by atoms with Gasteiger partial charge in [0.05, 0.1) is 0 Å². The fourth-order valence-electron chi connectivity index (χ4n) is 0. The molecule has 0 aliphatic carbocycles. The van der Waals surface area contributed by atoms with Crippen LogP contribution in [-0.4, -0.2) is 37.7 Å². The summed E-state index contributed by atoms with van der Waals surface area (Å²) in [7, 11) is 0. The quantitative estimate of drug-likeness (QED) is 0.411. The third-order valence-corrected chi connectivity index (χ3v) is 0. The van der Waals surface area contributed by atoms with E-state index in [2.05, 4.69) is 0 Å². The summed E-state index contributed by atoms with van der Waals surface area (Å²) in [6, 6.07) is 0. The van der Waals surface area contributed by atoms with E-state index >= 15 is 0 Å². The van der Waals surface area contributed by atoms with E-state index in [0.717, 1.165) is 0 Å². The monoisotopic (exact) mass is 136 g/mol. The third kappa shape index (κ3) is 29.4. The van der Waals surface area contributed by atoms with E-state index in [1.54, 1.807) is 0 Å². The zero-order chi connectivity index (χ0) is 2.71. The Hall–Kier alpha value is 1.53. The van der Waals surface area contributed by atoms with E-state index in [9.17, 15) is 0 Å². The van der Waals surface area contributed by atoms with Crippen LogP contribution in [0.3, 0.4) is 0 Å². The standard InChI is InChI=1S/Ca.3O.Ti/q+2;;;-2;. The van der Waals surface area contributed by atoms with Crippen LogP contribution in [0.25, 0.3) is 0 Å². The summed E-state index contributed by atoms with van der Waals surface area (Å²) in [5.41, 5.74) is 0. The normalized spacial score (nSPS) is 1.60. The first-order valence-corrected chi connectivity index (χ1v) is 1.68. The molecule has 0 fully saturated rings. The van der Waals surface area contributed by atoms with Crippen molar-refractivity contribution in [3.63, 3.8) is 0 Å². The SMILES string of the molecule is [Ca+2].[O-2].[O]=[Ti]=[O]. The van der Waals surface area contributed by atoms with E-state index in [1.165, 1.54) is 0 Å². The van der Waals surface area contributed by atoms with Gasteiger partial charge in [-0.25, -0.2) is 0 Å². The molecule has 5 heteroatoms. The first kappa shape index (κ1) is 16.0. The topological polar surface area (TPSA) is 62.6 Å². The second kappa shape index (κ2) is 17.7. The van der Waals surface area contributed by atoms with E-state index in [-0.39, 0.29) is 43.2 Å². The second-order valence-corrected chi connectivity index (χ2v) is 0.344. The maximum absolute atomic E-state index is 8.50. The maximum atomic E-state index is 8.50. The predicted octanol–water partition coefficient (Wildman–Crippen LogP) is -0.740. The molecule has 0 heterocycles. The van der Waals surface area contributed by atoms with Gasteiger partial charge in [0.25, 0.3) is 0 Å². The molecule has 5 heavy (non-hydrogen) atoms. The van der Waals surface area contributed by atoms with Crippen LogP contribution in [0, 0.1) is 0 Å². The Labute approximate surface area is 68.0 Å². The third-order valence-electron chi connectivity index (χ3n) is 0. The number of rotatable bonds is 0. The summed E-state index contributed by atoms with van der Waals surface area (Å²) < 4.78 is 17.0. The summed E-state index contributed by atoms with van der Waals surface area (Å²) in [6.45, 7) is 0. The van der Waals surface area contributed by atoms with Gasteiger partial charge in [-0.3, -0.25) is 0 Å². The molecule has 24 valence electrons. The van der Waals surface area contributed by atoms with Crippen LogP contribution in [0.5, 0.6) is 0 Å². The Bertz CT molecular complexity index is 27.9. The van der Waals surface area contributed by atoms with Gasteiger partial charge >= 0.3 is 63.5 Å². The minimum atomic E-state index is -2.00. The average Bonchev–Trinajstić information content (AvgIpc) is 0.918. The van der Waals surface area contributed by atoms with Crippen molar-refractivity contribution in [2.24, 2.45) is 0 Å². The fourth-order valence-corrected chi connectivity index (χ4v) is 0. The first-order chi connectivity index (χ1) is 1.41. The minimum absolute atomic E-state index is 0. The van der Waals surface area contributed by atoms with Crippen molar-refractivity contribution in [1.29, 1.82) is 0 Å². The van der Waals surface area contributed by atoms with Crippen LogP contribution in [0.15, 0.2) is 0 Å². The van der Waals surface area contributed by atoms with Crippen LogP contribution in [0.2, 0.25) is 0 Å². The Kier molecular flexibility index (Phi) is 56.8. The molecule has 0 aromatic carbocycles. The average molecular weight is 136 g/mol. The molecule has 0 N–H and O–H groups in total. The van der Waals surface area contributed by atoms with E-state index in [0.29, 0.717) is 0 Å². The van der Waals surface area contributed by atoms with Gasteiger partial charge in [0.15, 0.2) is 0 Å². The van der Waals surface area contributed by atoms with Crippen LogP contribution in [0.1, 0.15) is 0 Å². The van der Waals surface area contributed by atoms with Gasteiger partial charge in [0.1, 0.15) is 0 Å². The molecule has 0 amide bonds. The molecular weight excluding hydrogens is 136 g/mol. The van der Waals surface area contributed by atoms with Gasteiger partial charge in [-0.1, -0.05) is 0 Å². The van der Waals surface area contributed by atoms with Crippen molar-refractivity contribution < 1.29 is 31.2 Å². The van der Waals surface area contributed by atoms with Crippen molar-refractivity contribution in [3.8, 4) is 0 Å². The van der Waals surface area contributed by atoms with Crippen LogP contribution < -0.4 is 0 Å². The summed E-state index contributed by atoms with van der Waals surface area (Å²) >= 11 is -2.00. The zero-order valence-corrected chi connectivity index (χ0v) is 6.20. The van der Waals surface area contributed by atoms with Gasteiger partial charge < -0.3 is 5.48 Å². The number of hydrogen-bond acceptors (Lipinski definition) is 2. The van der Waals surface area contributed by atoms with Gasteiger partial charge in [-0.05, 0) is 0 Å². The molecule has 0 radical (unpaired) electrons. The molecule has 0 aliphatic rings. The molecule has 0 rings (SSSR count). The Morgan fingerprint density at radius 2 is 1.20 bits per heavy atom. The van der Waals surface area contributed by atoms with Gasteiger partial charge in [0.2, 0.25) is 0 Å². The Morgan fingerprint density at radius 3 is 1.20 bits per heavy atom. The Balaban J connectivity index is -0.0000000200. The van der Waals surface area contributed by atoms with Gasteiger partial charge in [0, 0.05) is 0 Å². The molecule has 0 aliphatic heterocycles. The molecule has 3 nitrogen and oxygen atoms in total. The Morgan fingerprint density at radius 1 is 1.20 bits per heavy atom. The summed E-state index contributed by atoms with van der Waals surface area (Å²) in [5.74, 6) is 0. The molecular formula is CaO3Ti.